The van der Waals surface area contributed by atoms with Gasteiger partial charge in [0.25, 0.3) is 0 Å². The predicted octanol–water partition coefficient (Wildman–Crippen LogP) is 2.50. The van der Waals surface area contributed by atoms with Crippen LogP contribution >= 0.6 is 0 Å². The van der Waals surface area contributed by atoms with Crippen LogP contribution in [0.5, 0.6) is 0 Å². The van der Waals surface area contributed by atoms with E-state index in [0.717, 1.165) is 31.6 Å². The lowest BCUT2D eigenvalue weighted by Gasteiger charge is -2.39. The third-order valence-corrected chi connectivity index (χ3v) is 4.20. The molecule has 0 saturated carbocycles. The van der Waals surface area contributed by atoms with Crippen LogP contribution in [0.25, 0.3) is 0 Å². The molecule has 1 aromatic carbocycles. The van der Waals surface area contributed by atoms with E-state index in [2.05, 4.69) is 10.2 Å². The smallest absolute Gasteiger partial charge is 0.231 e. The number of amides is 1. The largest absolute Gasteiger partial charge is 0.390 e. The van der Waals surface area contributed by atoms with Gasteiger partial charge in [0.2, 0.25) is 5.91 Å². The lowest BCUT2D eigenvalue weighted by molar-refractivity contribution is -0.125. The maximum Gasteiger partial charge on any atom is 0.231 e. The molecule has 2 rings (SSSR count). The topological polar surface area (TPSA) is 52.6 Å². The molecule has 0 aromatic heterocycles. The summed E-state index contributed by atoms with van der Waals surface area (Å²) in [7, 11) is 0. The molecule has 0 bridgehead atoms. The Morgan fingerprint density at radius 2 is 1.86 bits per heavy atom. The van der Waals surface area contributed by atoms with Crippen molar-refractivity contribution in [1.29, 1.82) is 0 Å². The van der Waals surface area contributed by atoms with Crippen molar-refractivity contribution in [2.75, 3.05) is 25.0 Å². The van der Waals surface area contributed by atoms with E-state index in [1.54, 1.807) is 0 Å². The van der Waals surface area contributed by atoms with Gasteiger partial charge in [-0.25, -0.2) is 0 Å². The Labute approximate surface area is 127 Å². The molecule has 21 heavy (non-hydrogen) atoms. The zero-order valence-electron chi connectivity index (χ0n) is 13.2. The molecule has 1 aliphatic rings. The summed E-state index contributed by atoms with van der Waals surface area (Å²) in [6.07, 6.45) is 1.53. The summed E-state index contributed by atoms with van der Waals surface area (Å²) in [6.45, 7) is 8.22. The third-order valence-electron chi connectivity index (χ3n) is 4.20. The molecule has 4 nitrogen and oxygen atoms in total. The fourth-order valence-electron chi connectivity index (χ4n) is 2.65. The zero-order valence-corrected chi connectivity index (χ0v) is 13.2. The first kappa shape index (κ1) is 16.0. The quantitative estimate of drug-likeness (QED) is 0.896. The van der Waals surface area contributed by atoms with Crippen LogP contribution in [0, 0.1) is 5.41 Å². The highest BCUT2D eigenvalue weighted by Gasteiger charge is 2.34. The minimum atomic E-state index is -0.549. The van der Waals surface area contributed by atoms with Crippen molar-refractivity contribution in [3.05, 3.63) is 30.3 Å². The Morgan fingerprint density at radius 3 is 2.43 bits per heavy atom. The number of anilines is 1. The highest BCUT2D eigenvalue weighted by molar-refractivity contribution is 5.94. The number of carbonyl (C=O) groups is 1. The lowest BCUT2D eigenvalue weighted by Crippen LogP contribution is -2.48. The predicted molar refractivity (Wildman–Crippen MR) is 85.2 cm³/mol. The number of piperidine rings is 1. The Morgan fingerprint density at radius 1 is 1.29 bits per heavy atom. The SMILES string of the molecule is CC1(O)CCN(CC(C)(C)C(=O)Nc2ccccc2)CC1. The van der Waals surface area contributed by atoms with Gasteiger partial charge in [0.05, 0.1) is 11.0 Å². The fraction of sp³-hybridized carbons (Fsp3) is 0.588. The average Bonchev–Trinajstić information content (AvgIpc) is 2.42. The summed E-state index contributed by atoms with van der Waals surface area (Å²) < 4.78 is 0. The second-order valence-corrected chi connectivity index (χ2v) is 6.98. The maximum absolute atomic E-state index is 12.4. The van der Waals surface area contributed by atoms with Gasteiger partial charge in [-0.3, -0.25) is 4.79 Å². The van der Waals surface area contributed by atoms with Gasteiger partial charge in [0, 0.05) is 25.3 Å². The summed E-state index contributed by atoms with van der Waals surface area (Å²) in [5.74, 6) is 0.0334. The van der Waals surface area contributed by atoms with Crippen molar-refractivity contribution >= 4 is 11.6 Å². The minimum Gasteiger partial charge on any atom is -0.390 e. The summed E-state index contributed by atoms with van der Waals surface area (Å²) in [5, 5.41) is 13.0. The van der Waals surface area contributed by atoms with Gasteiger partial charge in [0.1, 0.15) is 0 Å². The lowest BCUT2D eigenvalue weighted by atomic mass is 9.88. The first-order chi connectivity index (χ1) is 9.78. The van der Waals surface area contributed by atoms with Gasteiger partial charge in [-0.05, 0) is 45.7 Å². The number of likely N-dealkylation sites (tertiary alicyclic amines) is 1. The second-order valence-electron chi connectivity index (χ2n) is 6.98. The molecule has 4 heteroatoms. The van der Waals surface area contributed by atoms with Crippen molar-refractivity contribution in [2.24, 2.45) is 5.41 Å². The van der Waals surface area contributed by atoms with Crippen molar-refractivity contribution < 1.29 is 9.90 Å². The number of para-hydroxylation sites is 1. The van der Waals surface area contributed by atoms with Crippen molar-refractivity contribution in [1.82, 2.24) is 4.90 Å². The van der Waals surface area contributed by atoms with Crippen molar-refractivity contribution in [3.63, 3.8) is 0 Å². The summed E-state index contributed by atoms with van der Waals surface area (Å²) in [4.78, 5) is 14.7. The van der Waals surface area contributed by atoms with E-state index in [4.69, 9.17) is 0 Å². The first-order valence-corrected chi connectivity index (χ1v) is 7.60. The van der Waals surface area contributed by atoms with Gasteiger partial charge in [-0.1, -0.05) is 18.2 Å². The molecule has 116 valence electrons. The van der Waals surface area contributed by atoms with Crippen LogP contribution in [0.15, 0.2) is 30.3 Å². The molecule has 1 aliphatic heterocycles. The number of aliphatic hydroxyl groups is 1. The van der Waals surface area contributed by atoms with Gasteiger partial charge in [-0.15, -0.1) is 0 Å². The molecule has 2 N–H and O–H groups in total. The van der Waals surface area contributed by atoms with Gasteiger partial charge < -0.3 is 15.3 Å². The number of rotatable bonds is 4. The van der Waals surface area contributed by atoms with E-state index in [-0.39, 0.29) is 5.91 Å². The van der Waals surface area contributed by atoms with Crippen molar-refractivity contribution in [2.45, 2.75) is 39.2 Å². The number of hydrogen-bond acceptors (Lipinski definition) is 3. The summed E-state index contributed by atoms with van der Waals surface area (Å²) in [6, 6.07) is 9.54. The zero-order chi connectivity index (χ0) is 15.5. The summed E-state index contributed by atoms with van der Waals surface area (Å²) in [5.41, 5.74) is -0.177. The molecule has 0 spiro atoms. The van der Waals surface area contributed by atoms with E-state index in [9.17, 15) is 9.90 Å². The van der Waals surface area contributed by atoms with Gasteiger partial charge in [0.15, 0.2) is 0 Å². The van der Waals surface area contributed by atoms with E-state index in [1.807, 2.05) is 51.1 Å². The molecule has 1 saturated heterocycles. The molecular formula is C17H26N2O2. The van der Waals surface area contributed by atoms with Gasteiger partial charge >= 0.3 is 0 Å². The number of nitrogens with one attached hydrogen (secondary N) is 1. The highest BCUT2D eigenvalue weighted by Crippen LogP contribution is 2.26. The van der Waals surface area contributed by atoms with Crippen LogP contribution in [-0.4, -0.2) is 41.1 Å². The highest BCUT2D eigenvalue weighted by atomic mass is 16.3. The first-order valence-electron chi connectivity index (χ1n) is 7.60. The van der Waals surface area contributed by atoms with Crippen LogP contribution < -0.4 is 5.32 Å². The van der Waals surface area contributed by atoms with Crippen LogP contribution in [0.2, 0.25) is 0 Å². The molecule has 1 fully saturated rings. The Kier molecular flexibility index (Phi) is 4.69. The Bertz CT molecular complexity index is 473. The molecule has 1 aromatic rings. The van der Waals surface area contributed by atoms with E-state index < -0.39 is 11.0 Å². The molecule has 0 unspecified atom stereocenters. The molecule has 1 heterocycles. The Balaban J connectivity index is 1.90. The van der Waals surface area contributed by atoms with E-state index in [0.29, 0.717) is 6.54 Å². The maximum atomic E-state index is 12.4. The standard InChI is InChI=1S/C17H26N2O2/c1-16(2,13-19-11-9-17(3,21)10-12-19)15(20)18-14-7-5-4-6-8-14/h4-8,21H,9-13H2,1-3H3,(H,18,20). The van der Waals surface area contributed by atoms with Gasteiger partial charge in [-0.2, -0.15) is 0 Å². The average molecular weight is 290 g/mol. The van der Waals surface area contributed by atoms with Crippen LogP contribution in [-0.2, 0) is 4.79 Å². The summed E-state index contributed by atoms with van der Waals surface area (Å²) >= 11 is 0. The minimum absolute atomic E-state index is 0.0334. The van der Waals surface area contributed by atoms with E-state index >= 15 is 0 Å². The van der Waals surface area contributed by atoms with E-state index in [1.165, 1.54) is 0 Å². The number of hydrogen-bond donors (Lipinski definition) is 2. The third kappa shape index (κ3) is 4.55. The number of carbonyl (C=O) groups excluding carboxylic acids is 1. The monoisotopic (exact) mass is 290 g/mol. The molecule has 1 amide bonds. The Hall–Kier alpha value is -1.39. The normalized spacial score (nSPS) is 19.2. The molecule has 0 atom stereocenters. The molecule has 0 aliphatic carbocycles. The van der Waals surface area contributed by atoms with Crippen LogP contribution in [0.3, 0.4) is 0 Å². The number of benzene rings is 1. The van der Waals surface area contributed by atoms with Crippen molar-refractivity contribution in [3.8, 4) is 0 Å². The second kappa shape index (κ2) is 6.16. The van der Waals surface area contributed by atoms with Crippen LogP contribution in [0.4, 0.5) is 5.69 Å². The molecule has 0 radical (unpaired) electrons. The van der Waals surface area contributed by atoms with Crippen LogP contribution in [0.1, 0.15) is 33.6 Å². The fourth-order valence-corrected chi connectivity index (χ4v) is 2.65. The molecular weight excluding hydrogens is 264 g/mol. The number of nitrogens with zero attached hydrogens (tertiary/aromatic N) is 1.